The van der Waals surface area contributed by atoms with Crippen molar-refractivity contribution >= 4 is 17.7 Å². The Balaban J connectivity index is 1.55. The lowest BCUT2D eigenvalue weighted by Gasteiger charge is -2.23. The highest BCUT2D eigenvalue weighted by atomic mass is 16.5. The molecule has 1 saturated heterocycles. The minimum absolute atomic E-state index is 0.0368. The van der Waals surface area contributed by atoms with Gasteiger partial charge in [-0.2, -0.15) is 0 Å². The van der Waals surface area contributed by atoms with E-state index in [0.717, 1.165) is 36.8 Å². The summed E-state index contributed by atoms with van der Waals surface area (Å²) in [5.74, 6) is -1.05. The highest BCUT2D eigenvalue weighted by Crippen LogP contribution is 2.29. The third kappa shape index (κ3) is 3.91. The number of aryl methyl sites for hydroxylation is 2. The number of esters is 1. The number of carbonyl (C=O) groups is 3. The average Bonchev–Trinajstić information content (AvgIpc) is 3.23. The standard InChI is InChI=1S/C20H25NO4/c1-13-7-8-14(2)17(9-13)18(22)12-25-20(24)15-10-19(23)21(11-15)16-5-3-4-6-16/h7-9,15-16H,3-6,10-12H2,1-2H3/t15-/m0/s1. The number of rotatable bonds is 5. The Hall–Kier alpha value is -2.17. The van der Waals surface area contributed by atoms with Gasteiger partial charge in [0.1, 0.15) is 0 Å². The molecule has 3 rings (SSSR count). The molecule has 1 aromatic rings. The molecule has 1 saturated carbocycles. The first-order chi connectivity index (χ1) is 12.0. The van der Waals surface area contributed by atoms with Crippen molar-refractivity contribution in [2.75, 3.05) is 13.2 Å². The fourth-order valence-electron chi connectivity index (χ4n) is 3.83. The van der Waals surface area contributed by atoms with Crippen LogP contribution in [0.5, 0.6) is 0 Å². The number of ether oxygens (including phenoxy) is 1. The number of Topliss-reactive ketones (excluding diaryl/α,β-unsaturated/α-hetero) is 1. The Morgan fingerprint density at radius 3 is 2.64 bits per heavy atom. The molecule has 0 bridgehead atoms. The zero-order chi connectivity index (χ0) is 18.0. The second-order valence-electron chi connectivity index (χ2n) is 7.23. The Labute approximate surface area is 148 Å². The number of nitrogens with zero attached hydrogens (tertiary/aromatic N) is 1. The van der Waals surface area contributed by atoms with Crippen LogP contribution in [0.25, 0.3) is 0 Å². The summed E-state index contributed by atoms with van der Waals surface area (Å²) in [6.07, 6.45) is 4.55. The lowest BCUT2D eigenvalue weighted by Crippen LogP contribution is -2.35. The Kier molecular flexibility index (Phi) is 5.21. The van der Waals surface area contributed by atoms with E-state index in [1.165, 1.54) is 0 Å². The lowest BCUT2D eigenvalue weighted by atomic mass is 10.0. The fourth-order valence-corrected chi connectivity index (χ4v) is 3.83. The number of ketones is 1. The Morgan fingerprint density at radius 2 is 1.92 bits per heavy atom. The summed E-state index contributed by atoms with van der Waals surface area (Å²) in [6.45, 7) is 3.95. The van der Waals surface area contributed by atoms with Crippen LogP contribution in [0.4, 0.5) is 0 Å². The van der Waals surface area contributed by atoms with Gasteiger partial charge in [-0.05, 0) is 38.3 Å². The summed E-state index contributed by atoms with van der Waals surface area (Å²) in [7, 11) is 0. The van der Waals surface area contributed by atoms with Crippen LogP contribution in [0.15, 0.2) is 18.2 Å². The zero-order valence-corrected chi connectivity index (χ0v) is 14.9. The monoisotopic (exact) mass is 343 g/mol. The number of carbonyl (C=O) groups excluding carboxylic acids is 3. The molecule has 1 aliphatic heterocycles. The van der Waals surface area contributed by atoms with Crippen LogP contribution < -0.4 is 0 Å². The van der Waals surface area contributed by atoms with Crippen LogP contribution in [0.3, 0.4) is 0 Å². The predicted molar refractivity (Wildman–Crippen MR) is 93.3 cm³/mol. The van der Waals surface area contributed by atoms with Crippen LogP contribution >= 0.6 is 0 Å². The summed E-state index contributed by atoms with van der Waals surface area (Å²) in [5.41, 5.74) is 2.45. The van der Waals surface area contributed by atoms with E-state index >= 15 is 0 Å². The molecule has 1 amide bonds. The van der Waals surface area contributed by atoms with Crippen molar-refractivity contribution in [1.29, 1.82) is 0 Å². The molecule has 0 aromatic heterocycles. The van der Waals surface area contributed by atoms with Gasteiger partial charge >= 0.3 is 5.97 Å². The second-order valence-corrected chi connectivity index (χ2v) is 7.23. The highest BCUT2D eigenvalue weighted by molar-refractivity contribution is 5.99. The molecular formula is C20H25NO4. The maximum Gasteiger partial charge on any atom is 0.311 e. The van der Waals surface area contributed by atoms with E-state index in [4.69, 9.17) is 4.74 Å². The third-order valence-corrected chi connectivity index (χ3v) is 5.30. The van der Waals surface area contributed by atoms with Crippen LogP contribution in [0.2, 0.25) is 0 Å². The zero-order valence-electron chi connectivity index (χ0n) is 14.9. The van der Waals surface area contributed by atoms with Crippen LogP contribution in [-0.4, -0.2) is 41.8 Å². The lowest BCUT2D eigenvalue weighted by molar-refractivity contribution is -0.147. The van der Waals surface area contributed by atoms with Gasteiger partial charge in [0.05, 0.1) is 5.92 Å². The van der Waals surface area contributed by atoms with Crippen LogP contribution in [-0.2, 0) is 14.3 Å². The fraction of sp³-hybridized carbons (Fsp3) is 0.550. The molecule has 2 fully saturated rings. The van der Waals surface area contributed by atoms with Crippen LogP contribution in [0.1, 0.15) is 53.6 Å². The van der Waals surface area contributed by atoms with Gasteiger partial charge in [0.15, 0.2) is 6.61 Å². The summed E-state index contributed by atoms with van der Waals surface area (Å²) in [4.78, 5) is 38.6. The third-order valence-electron chi connectivity index (χ3n) is 5.30. The summed E-state index contributed by atoms with van der Waals surface area (Å²) < 4.78 is 5.23. The van der Waals surface area contributed by atoms with Crippen molar-refractivity contribution in [2.45, 2.75) is 52.0 Å². The summed E-state index contributed by atoms with van der Waals surface area (Å²) in [5, 5.41) is 0. The van der Waals surface area contributed by atoms with E-state index in [1.54, 1.807) is 0 Å². The van der Waals surface area contributed by atoms with Crippen molar-refractivity contribution in [3.8, 4) is 0 Å². The molecule has 0 radical (unpaired) electrons. The molecule has 1 aliphatic carbocycles. The van der Waals surface area contributed by atoms with Gasteiger partial charge in [-0.15, -0.1) is 0 Å². The van der Waals surface area contributed by atoms with Crippen molar-refractivity contribution in [1.82, 2.24) is 4.90 Å². The topological polar surface area (TPSA) is 63.7 Å². The first-order valence-corrected chi connectivity index (χ1v) is 9.02. The van der Waals surface area contributed by atoms with Gasteiger partial charge in [-0.1, -0.05) is 30.5 Å². The van der Waals surface area contributed by atoms with Crippen molar-refractivity contribution in [2.24, 2.45) is 5.92 Å². The molecule has 1 heterocycles. The minimum atomic E-state index is -0.445. The van der Waals surface area contributed by atoms with Gasteiger partial charge in [0, 0.05) is 24.6 Å². The van der Waals surface area contributed by atoms with Gasteiger partial charge in [-0.3, -0.25) is 14.4 Å². The van der Waals surface area contributed by atoms with Gasteiger partial charge in [0.25, 0.3) is 0 Å². The van der Waals surface area contributed by atoms with E-state index in [9.17, 15) is 14.4 Å². The number of likely N-dealkylation sites (tertiary alicyclic amines) is 1. The first-order valence-electron chi connectivity index (χ1n) is 9.02. The first kappa shape index (κ1) is 17.6. The smallest absolute Gasteiger partial charge is 0.311 e. The Morgan fingerprint density at radius 1 is 1.20 bits per heavy atom. The molecule has 0 N–H and O–H groups in total. The molecular weight excluding hydrogens is 318 g/mol. The minimum Gasteiger partial charge on any atom is -0.457 e. The molecule has 0 unspecified atom stereocenters. The maximum atomic E-state index is 12.3. The highest BCUT2D eigenvalue weighted by Gasteiger charge is 2.39. The van der Waals surface area contributed by atoms with Gasteiger partial charge < -0.3 is 9.64 Å². The summed E-state index contributed by atoms with van der Waals surface area (Å²) in [6, 6.07) is 5.92. The summed E-state index contributed by atoms with van der Waals surface area (Å²) >= 11 is 0. The number of hydrogen-bond acceptors (Lipinski definition) is 4. The van der Waals surface area contributed by atoms with E-state index < -0.39 is 11.9 Å². The van der Waals surface area contributed by atoms with Crippen molar-refractivity contribution in [3.05, 3.63) is 34.9 Å². The van der Waals surface area contributed by atoms with Crippen LogP contribution in [0, 0.1) is 19.8 Å². The molecule has 1 atom stereocenters. The number of benzene rings is 1. The normalized spacial score (nSPS) is 21.0. The maximum absolute atomic E-state index is 12.3. The quantitative estimate of drug-likeness (QED) is 0.609. The molecule has 25 heavy (non-hydrogen) atoms. The van der Waals surface area contributed by atoms with Crippen molar-refractivity contribution < 1.29 is 19.1 Å². The molecule has 1 aromatic carbocycles. The number of amides is 1. The van der Waals surface area contributed by atoms with E-state index in [1.807, 2.05) is 36.9 Å². The van der Waals surface area contributed by atoms with E-state index in [2.05, 4.69) is 0 Å². The number of hydrogen-bond donors (Lipinski definition) is 0. The van der Waals surface area contributed by atoms with Gasteiger partial charge in [0.2, 0.25) is 11.7 Å². The molecule has 5 nitrogen and oxygen atoms in total. The molecule has 134 valence electrons. The van der Waals surface area contributed by atoms with Crippen molar-refractivity contribution in [3.63, 3.8) is 0 Å². The predicted octanol–water partition coefficient (Wildman–Crippen LogP) is 2.82. The molecule has 0 spiro atoms. The van der Waals surface area contributed by atoms with E-state index in [-0.39, 0.29) is 30.8 Å². The average molecular weight is 343 g/mol. The van der Waals surface area contributed by atoms with E-state index in [0.29, 0.717) is 12.1 Å². The molecule has 5 heteroatoms. The largest absolute Gasteiger partial charge is 0.457 e. The second kappa shape index (κ2) is 7.38. The van der Waals surface area contributed by atoms with Gasteiger partial charge in [-0.25, -0.2) is 0 Å². The SMILES string of the molecule is Cc1ccc(C)c(C(=O)COC(=O)[C@H]2CC(=O)N(C3CCCC3)C2)c1. The Bertz CT molecular complexity index is 691. The molecule has 2 aliphatic rings.